The van der Waals surface area contributed by atoms with Gasteiger partial charge in [0.2, 0.25) is 0 Å². The summed E-state index contributed by atoms with van der Waals surface area (Å²) in [5.41, 5.74) is -1.54. The third-order valence-electron chi connectivity index (χ3n) is 5.31. The molecule has 21 heavy (non-hydrogen) atoms. The highest BCUT2D eigenvalue weighted by Crippen LogP contribution is 2.43. The van der Waals surface area contributed by atoms with E-state index in [9.17, 15) is 0 Å². The van der Waals surface area contributed by atoms with Gasteiger partial charge in [0.15, 0.2) is 0 Å². The minimum Gasteiger partial charge on any atom is -0.230 e. The average Bonchev–Trinajstić information content (AvgIpc) is 2.57. The van der Waals surface area contributed by atoms with E-state index in [-0.39, 0.29) is 0 Å². The molecule has 2 aliphatic rings. The van der Waals surface area contributed by atoms with Gasteiger partial charge in [-0.05, 0) is 43.9 Å². The van der Waals surface area contributed by atoms with Crippen LogP contribution in [0.2, 0.25) is 0 Å². The van der Waals surface area contributed by atoms with E-state index in [1.165, 1.54) is 0 Å². The first-order chi connectivity index (χ1) is 10.1. The van der Waals surface area contributed by atoms with Gasteiger partial charge in [0, 0.05) is 0 Å². The fourth-order valence-electron chi connectivity index (χ4n) is 3.72. The highest BCUT2D eigenvalue weighted by Gasteiger charge is 2.49. The quantitative estimate of drug-likeness (QED) is 0.645. The maximum atomic E-state index is 7.20. The van der Waals surface area contributed by atoms with Crippen LogP contribution < -0.4 is 0 Å². The fraction of sp³-hybridized carbons (Fsp3) is 0.765. The summed E-state index contributed by atoms with van der Waals surface area (Å²) in [6, 6.07) is 0. The van der Waals surface area contributed by atoms with Crippen LogP contribution in [0, 0.1) is 38.1 Å². The Kier molecular flexibility index (Phi) is 4.50. The smallest absolute Gasteiger partial charge is 0.230 e. The van der Waals surface area contributed by atoms with E-state index in [1.807, 2.05) is 0 Å². The molecule has 0 aromatic rings. The molecule has 2 aliphatic carbocycles. The Morgan fingerprint density at radius 2 is 0.905 bits per heavy atom. The molecule has 0 radical (unpaired) electrons. The van der Waals surface area contributed by atoms with Crippen LogP contribution in [0.1, 0.15) is 57.8 Å². The summed E-state index contributed by atoms with van der Waals surface area (Å²) in [7, 11) is 0. The third-order valence-corrected chi connectivity index (χ3v) is 5.31. The van der Waals surface area contributed by atoms with Gasteiger partial charge in [-0.2, -0.15) is 0 Å². The minimum absolute atomic E-state index is 0.625. The molecule has 0 N–H and O–H groups in total. The van der Waals surface area contributed by atoms with E-state index in [1.54, 1.807) is 0 Å². The molecule has 0 unspecified atom stereocenters. The van der Waals surface area contributed by atoms with Gasteiger partial charge in [-0.15, -0.1) is 0 Å². The number of rotatable bonds is 2. The van der Waals surface area contributed by atoms with Crippen LogP contribution in [0.4, 0.5) is 0 Å². The van der Waals surface area contributed by atoms with Gasteiger partial charge < -0.3 is 0 Å². The molecule has 2 saturated carbocycles. The van der Waals surface area contributed by atoms with Crippen LogP contribution >= 0.6 is 0 Å². The molecular weight excluding hydrogens is 260 g/mol. The van der Waals surface area contributed by atoms with Gasteiger partial charge >= 0.3 is 11.3 Å². The van der Waals surface area contributed by atoms with E-state index in [4.69, 9.17) is 26.3 Å². The molecule has 0 heterocycles. The SMILES string of the molecule is [C-]#[N+]C1([N+]#[C-])CCC(CC2CCC([N+]#[C-])([N+]#[C-])CC2)CC1. The summed E-state index contributed by atoms with van der Waals surface area (Å²) >= 11 is 0. The lowest BCUT2D eigenvalue weighted by Gasteiger charge is -2.30. The fourth-order valence-corrected chi connectivity index (χ4v) is 3.72. The van der Waals surface area contributed by atoms with Crippen LogP contribution in [-0.2, 0) is 0 Å². The topological polar surface area (TPSA) is 17.4 Å². The number of hydrogen-bond acceptors (Lipinski definition) is 0. The molecule has 0 aliphatic heterocycles. The standard InChI is InChI=1S/C17H20N4/c1-18-16(19-2)9-5-14(6-10-16)13-15-7-11-17(20-3,21-4)12-8-15/h14-15H,5-13H2. The molecule has 0 bridgehead atoms. The van der Waals surface area contributed by atoms with Crippen LogP contribution in [0.3, 0.4) is 0 Å². The summed E-state index contributed by atoms with van der Waals surface area (Å²) in [6.07, 6.45) is 7.94. The van der Waals surface area contributed by atoms with E-state index >= 15 is 0 Å². The van der Waals surface area contributed by atoms with Gasteiger partial charge in [0.1, 0.15) is 25.7 Å². The van der Waals surface area contributed by atoms with E-state index in [0.29, 0.717) is 37.5 Å². The van der Waals surface area contributed by atoms with Crippen LogP contribution in [0.5, 0.6) is 0 Å². The molecule has 4 nitrogen and oxygen atoms in total. The Morgan fingerprint density at radius 1 is 0.619 bits per heavy atom. The average molecular weight is 280 g/mol. The van der Waals surface area contributed by atoms with Crippen molar-refractivity contribution in [2.45, 2.75) is 69.1 Å². The maximum absolute atomic E-state index is 7.20. The Morgan fingerprint density at radius 3 is 1.14 bits per heavy atom. The molecule has 0 aromatic heterocycles. The predicted octanol–water partition coefficient (Wildman–Crippen LogP) is 4.83. The van der Waals surface area contributed by atoms with Crippen LogP contribution in [-0.4, -0.2) is 11.3 Å². The van der Waals surface area contributed by atoms with Gasteiger partial charge in [-0.3, -0.25) is 0 Å². The molecule has 0 saturated heterocycles. The van der Waals surface area contributed by atoms with Gasteiger partial charge in [-0.25, -0.2) is 45.7 Å². The van der Waals surface area contributed by atoms with E-state index in [2.05, 4.69) is 19.4 Å². The second-order valence-corrected chi connectivity index (χ2v) is 6.53. The van der Waals surface area contributed by atoms with E-state index in [0.717, 1.165) is 32.1 Å². The Labute approximate surface area is 127 Å². The Balaban J connectivity index is 1.82. The lowest BCUT2D eigenvalue weighted by Crippen LogP contribution is -2.31. The second kappa shape index (κ2) is 6.16. The van der Waals surface area contributed by atoms with Crippen molar-refractivity contribution in [3.8, 4) is 0 Å². The van der Waals surface area contributed by atoms with Crippen molar-refractivity contribution in [1.29, 1.82) is 0 Å². The summed E-state index contributed by atoms with van der Waals surface area (Å²) in [5, 5.41) is 0. The summed E-state index contributed by atoms with van der Waals surface area (Å²) < 4.78 is 0. The summed E-state index contributed by atoms with van der Waals surface area (Å²) in [6.45, 7) is 28.8. The molecule has 4 heteroatoms. The predicted molar refractivity (Wildman–Crippen MR) is 80.4 cm³/mol. The molecule has 0 atom stereocenters. The molecule has 2 fully saturated rings. The number of nitrogens with zero attached hydrogens (tertiary/aromatic N) is 4. The zero-order chi connectivity index (χ0) is 15.3. The van der Waals surface area contributed by atoms with Crippen LogP contribution in [0.15, 0.2) is 0 Å². The molecule has 0 aromatic carbocycles. The Hall–Kier alpha value is -2.04. The first-order valence-electron chi connectivity index (χ1n) is 7.65. The highest BCUT2D eigenvalue weighted by atomic mass is 15.0. The highest BCUT2D eigenvalue weighted by molar-refractivity contribution is 5.09. The van der Waals surface area contributed by atoms with Gasteiger partial charge in [-0.1, -0.05) is 0 Å². The maximum Gasteiger partial charge on any atom is 0.482 e. The zero-order valence-electron chi connectivity index (χ0n) is 12.3. The van der Waals surface area contributed by atoms with Crippen molar-refractivity contribution in [1.82, 2.24) is 0 Å². The molecule has 0 spiro atoms. The second-order valence-electron chi connectivity index (χ2n) is 6.53. The van der Waals surface area contributed by atoms with Crippen LogP contribution in [0.25, 0.3) is 19.4 Å². The molecule has 0 amide bonds. The largest absolute Gasteiger partial charge is 0.482 e. The first kappa shape index (κ1) is 15.4. The van der Waals surface area contributed by atoms with Crippen molar-refractivity contribution >= 4 is 0 Å². The van der Waals surface area contributed by atoms with Crippen molar-refractivity contribution in [2.24, 2.45) is 11.8 Å². The summed E-state index contributed by atoms with van der Waals surface area (Å²) in [5.74, 6) is 1.25. The minimum atomic E-state index is -0.771. The lowest BCUT2D eigenvalue weighted by molar-refractivity contribution is 0.209. The van der Waals surface area contributed by atoms with Crippen molar-refractivity contribution < 1.29 is 0 Å². The lowest BCUT2D eigenvalue weighted by atomic mass is 9.73. The zero-order valence-corrected chi connectivity index (χ0v) is 12.3. The monoisotopic (exact) mass is 280 g/mol. The third kappa shape index (κ3) is 3.17. The van der Waals surface area contributed by atoms with Crippen molar-refractivity contribution in [2.75, 3.05) is 0 Å². The molecular formula is C17H20N4. The molecule has 108 valence electrons. The number of hydrogen-bond donors (Lipinski definition) is 0. The Bertz CT molecular complexity index is 453. The first-order valence-corrected chi connectivity index (χ1v) is 7.65. The van der Waals surface area contributed by atoms with E-state index < -0.39 is 11.3 Å². The van der Waals surface area contributed by atoms with Gasteiger partial charge in [0.25, 0.3) is 0 Å². The van der Waals surface area contributed by atoms with Gasteiger partial charge in [0.05, 0.1) is 0 Å². The van der Waals surface area contributed by atoms with Crippen molar-refractivity contribution in [3.63, 3.8) is 0 Å². The normalized spacial score (nSPS) is 25.0. The van der Waals surface area contributed by atoms with Crippen molar-refractivity contribution in [3.05, 3.63) is 45.7 Å². The summed E-state index contributed by atoms with van der Waals surface area (Å²) in [4.78, 5) is 14.2. The molecule has 2 rings (SSSR count).